The number of nitrogens with two attached hydrogens (primary N) is 1. The van der Waals surface area contributed by atoms with Gasteiger partial charge in [0.25, 0.3) is 0 Å². The van der Waals surface area contributed by atoms with Crippen molar-refractivity contribution >= 4 is 18.4 Å². The van der Waals surface area contributed by atoms with Crippen LogP contribution in [0.4, 0.5) is 0 Å². The third-order valence-corrected chi connectivity index (χ3v) is 3.08. The molecule has 0 amide bonds. The van der Waals surface area contributed by atoms with E-state index in [4.69, 9.17) is 10.5 Å². The van der Waals surface area contributed by atoms with Crippen LogP contribution in [0, 0.1) is 5.92 Å². The molecule has 88 valence electrons. The summed E-state index contributed by atoms with van der Waals surface area (Å²) in [6.07, 6.45) is 1.69. The number of carbonyl (C=O) groups excluding carboxylic acids is 1. The van der Waals surface area contributed by atoms with Crippen LogP contribution in [0.15, 0.2) is 24.3 Å². The Bertz CT molecular complexity index is 381. The standard InChI is InChI=1S/C12H15NO2.ClH/c1-15-12(14)10-7-6-8-4-2-3-5-9(8)11(10)13;/h2-5,10-11H,6-7,13H2,1H3;1H. The first-order chi connectivity index (χ1) is 7.24. The molecule has 2 N–H and O–H groups in total. The van der Waals surface area contributed by atoms with Crippen molar-refractivity contribution < 1.29 is 9.53 Å². The van der Waals surface area contributed by atoms with Crippen LogP contribution in [-0.2, 0) is 16.0 Å². The Hall–Kier alpha value is -1.06. The number of ether oxygens (including phenoxy) is 1. The van der Waals surface area contributed by atoms with Crippen molar-refractivity contribution in [3.05, 3.63) is 35.4 Å². The fourth-order valence-electron chi connectivity index (χ4n) is 2.21. The fraction of sp³-hybridized carbons (Fsp3) is 0.417. The van der Waals surface area contributed by atoms with Gasteiger partial charge in [-0.2, -0.15) is 0 Å². The van der Waals surface area contributed by atoms with E-state index in [0.717, 1.165) is 18.4 Å². The van der Waals surface area contributed by atoms with E-state index < -0.39 is 0 Å². The quantitative estimate of drug-likeness (QED) is 0.764. The van der Waals surface area contributed by atoms with Crippen molar-refractivity contribution in [2.45, 2.75) is 18.9 Å². The second-order valence-corrected chi connectivity index (χ2v) is 3.89. The Balaban J connectivity index is 0.00000128. The summed E-state index contributed by atoms with van der Waals surface area (Å²) in [5.41, 5.74) is 8.40. The van der Waals surface area contributed by atoms with Crippen LogP contribution in [0.1, 0.15) is 23.6 Å². The Morgan fingerprint density at radius 1 is 1.44 bits per heavy atom. The van der Waals surface area contributed by atoms with Gasteiger partial charge in [0.15, 0.2) is 0 Å². The molecule has 2 atom stereocenters. The lowest BCUT2D eigenvalue weighted by Crippen LogP contribution is -2.33. The molecular formula is C12H16ClNO2. The zero-order valence-corrected chi connectivity index (χ0v) is 10.00. The predicted molar refractivity (Wildman–Crippen MR) is 64.4 cm³/mol. The average Bonchev–Trinajstić information content (AvgIpc) is 2.29. The SMILES string of the molecule is COC(=O)C1CCc2ccccc2C1N.Cl. The number of aryl methyl sites for hydroxylation is 1. The van der Waals surface area contributed by atoms with Crippen LogP contribution in [0.25, 0.3) is 0 Å². The minimum Gasteiger partial charge on any atom is -0.469 e. The van der Waals surface area contributed by atoms with Crippen LogP contribution in [0.5, 0.6) is 0 Å². The molecule has 0 saturated carbocycles. The van der Waals surface area contributed by atoms with Crippen molar-refractivity contribution in [2.75, 3.05) is 7.11 Å². The lowest BCUT2D eigenvalue weighted by atomic mass is 9.80. The number of methoxy groups -OCH3 is 1. The Labute approximate surface area is 101 Å². The molecule has 0 aliphatic heterocycles. The molecule has 1 aliphatic carbocycles. The highest BCUT2D eigenvalue weighted by atomic mass is 35.5. The minimum absolute atomic E-state index is 0. The molecule has 2 unspecified atom stereocenters. The highest BCUT2D eigenvalue weighted by molar-refractivity contribution is 5.85. The zero-order valence-electron chi connectivity index (χ0n) is 9.18. The van der Waals surface area contributed by atoms with Gasteiger partial charge in [-0.25, -0.2) is 0 Å². The Kier molecular flexibility index (Phi) is 4.33. The summed E-state index contributed by atoms with van der Waals surface area (Å²) < 4.78 is 4.76. The summed E-state index contributed by atoms with van der Waals surface area (Å²) in [5.74, 6) is -0.387. The molecule has 16 heavy (non-hydrogen) atoms. The molecule has 3 nitrogen and oxygen atoms in total. The molecule has 0 saturated heterocycles. The van der Waals surface area contributed by atoms with Gasteiger partial charge in [0.1, 0.15) is 0 Å². The van der Waals surface area contributed by atoms with Crippen LogP contribution < -0.4 is 5.73 Å². The smallest absolute Gasteiger partial charge is 0.310 e. The molecule has 0 heterocycles. The van der Waals surface area contributed by atoms with Gasteiger partial charge >= 0.3 is 5.97 Å². The maximum absolute atomic E-state index is 11.5. The highest BCUT2D eigenvalue weighted by Crippen LogP contribution is 2.33. The number of halogens is 1. The van der Waals surface area contributed by atoms with E-state index in [1.165, 1.54) is 12.7 Å². The summed E-state index contributed by atoms with van der Waals surface area (Å²) >= 11 is 0. The van der Waals surface area contributed by atoms with Gasteiger partial charge < -0.3 is 10.5 Å². The molecular weight excluding hydrogens is 226 g/mol. The highest BCUT2D eigenvalue weighted by Gasteiger charge is 2.32. The fourth-order valence-corrected chi connectivity index (χ4v) is 2.21. The summed E-state index contributed by atoms with van der Waals surface area (Å²) in [5, 5.41) is 0. The lowest BCUT2D eigenvalue weighted by Gasteiger charge is -2.28. The normalized spacial score (nSPS) is 22.9. The second-order valence-electron chi connectivity index (χ2n) is 3.89. The van der Waals surface area contributed by atoms with Gasteiger partial charge in [-0.1, -0.05) is 24.3 Å². The zero-order chi connectivity index (χ0) is 10.8. The maximum atomic E-state index is 11.5. The second kappa shape index (κ2) is 5.32. The minimum atomic E-state index is -0.220. The van der Waals surface area contributed by atoms with Crippen molar-refractivity contribution in [3.63, 3.8) is 0 Å². The Morgan fingerprint density at radius 3 is 2.81 bits per heavy atom. The molecule has 4 heteroatoms. The molecule has 0 spiro atoms. The van der Waals surface area contributed by atoms with Crippen LogP contribution in [0.2, 0.25) is 0 Å². The van der Waals surface area contributed by atoms with E-state index in [0.29, 0.717) is 0 Å². The molecule has 0 radical (unpaired) electrons. The van der Waals surface area contributed by atoms with E-state index in [9.17, 15) is 4.79 Å². The van der Waals surface area contributed by atoms with Crippen molar-refractivity contribution in [1.82, 2.24) is 0 Å². The molecule has 0 aromatic heterocycles. The summed E-state index contributed by atoms with van der Waals surface area (Å²) in [6, 6.07) is 7.81. The Morgan fingerprint density at radius 2 is 2.12 bits per heavy atom. The van der Waals surface area contributed by atoms with Crippen LogP contribution >= 0.6 is 12.4 Å². The number of carbonyl (C=O) groups is 1. The lowest BCUT2D eigenvalue weighted by molar-refractivity contribution is -0.146. The topological polar surface area (TPSA) is 52.3 Å². The van der Waals surface area contributed by atoms with Gasteiger partial charge in [-0.15, -0.1) is 12.4 Å². The number of rotatable bonds is 1. The van der Waals surface area contributed by atoms with E-state index in [2.05, 4.69) is 6.07 Å². The van der Waals surface area contributed by atoms with Crippen LogP contribution in [0.3, 0.4) is 0 Å². The van der Waals surface area contributed by atoms with Crippen LogP contribution in [-0.4, -0.2) is 13.1 Å². The molecule has 0 bridgehead atoms. The van der Waals surface area contributed by atoms with E-state index in [1.807, 2.05) is 18.2 Å². The van der Waals surface area contributed by atoms with Crippen molar-refractivity contribution in [2.24, 2.45) is 11.7 Å². The summed E-state index contributed by atoms with van der Waals surface area (Å²) in [4.78, 5) is 11.5. The monoisotopic (exact) mass is 241 g/mol. The average molecular weight is 242 g/mol. The predicted octanol–water partition coefficient (Wildman–Crippen LogP) is 1.84. The molecule has 2 rings (SSSR count). The number of hydrogen-bond acceptors (Lipinski definition) is 3. The number of fused-ring (bicyclic) bond motifs is 1. The van der Waals surface area contributed by atoms with E-state index in [-0.39, 0.29) is 30.3 Å². The first-order valence-electron chi connectivity index (χ1n) is 5.15. The maximum Gasteiger partial charge on any atom is 0.310 e. The largest absolute Gasteiger partial charge is 0.469 e. The summed E-state index contributed by atoms with van der Waals surface area (Å²) in [7, 11) is 1.41. The van der Waals surface area contributed by atoms with Gasteiger partial charge in [0.05, 0.1) is 13.0 Å². The third-order valence-electron chi connectivity index (χ3n) is 3.08. The van der Waals surface area contributed by atoms with Gasteiger partial charge in [0.2, 0.25) is 0 Å². The number of benzene rings is 1. The molecule has 1 aromatic carbocycles. The van der Waals surface area contributed by atoms with Crippen molar-refractivity contribution in [3.8, 4) is 0 Å². The summed E-state index contributed by atoms with van der Waals surface area (Å²) in [6.45, 7) is 0. The number of esters is 1. The van der Waals surface area contributed by atoms with Gasteiger partial charge in [-0.3, -0.25) is 4.79 Å². The van der Waals surface area contributed by atoms with Gasteiger partial charge in [0, 0.05) is 6.04 Å². The van der Waals surface area contributed by atoms with Crippen molar-refractivity contribution in [1.29, 1.82) is 0 Å². The van der Waals surface area contributed by atoms with E-state index >= 15 is 0 Å². The first kappa shape index (κ1) is 13.0. The third kappa shape index (κ3) is 2.20. The molecule has 0 fully saturated rings. The first-order valence-corrected chi connectivity index (χ1v) is 5.15. The van der Waals surface area contributed by atoms with E-state index in [1.54, 1.807) is 0 Å². The number of hydrogen-bond donors (Lipinski definition) is 1. The molecule has 1 aromatic rings. The molecule has 1 aliphatic rings. The van der Waals surface area contributed by atoms with Gasteiger partial charge in [-0.05, 0) is 24.0 Å².